The average molecular weight is 346 g/mol. The number of carboxylic acids is 1. The number of nitrogens with zero attached hydrogens (tertiary/aromatic N) is 3. The summed E-state index contributed by atoms with van der Waals surface area (Å²) in [6.45, 7) is 2.68. The monoisotopic (exact) mass is 345 g/mol. The van der Waals surface area contributed by atoms with Gasteiger partial charge in [-0.15, -0.1) is 0 Å². The van der Waals surface area contributed by atoms with Gasteiger partial charge in [-0.05, 0) is 37.3 Å². The van der Waals surface area contributed by atoms with Crippen molar-refractivity contribution in [2.24, 2.45) is 0 Å². The number of fused-ring (bicyclic) bond motifs is 1. The number of hydrogen-bond acceptors (Lipinski definition) is 3. The Kier molecular flexibility index (Phi) is 3.47. The van der Waals surface area contributed by atoms with Gasteiger partial charge in [0, 0.05) is 22.6 Å². The summed E-state index contributed by atoms with van der Waals surface area (Å²) in [5.74, 6) is -0.968. The molecule has 0 aliphatic heterocycles. The van der Waals surface area contributed by atoms with E-state index in [0.29, 0.717) is 23.1 Å². The summed E-state index contributed by atoms with van der Waals surface area (Å²) in [6, 6.07) is 8.86. The van der Waals surface area contributed by atoms with Gasteiger partial charge in [-0.1, -0.05) is 15.9 Å². The van der Waals surface area contributed by atoms with Crippen molar-refractivity contribution in [2.75, 3.05) is 0 Å². The molecule has 0 fully saturated rings. The fourth-order valence-corrected chi connectivity index (χ4v) is 2.67. The predicted molar refractivity (Wildman–Crippen MR) is 83.3 cm³/mol. The number of carboxylic acid groups (broad SMARTS) is 1. The molecule has 0 atom stereocenters. The summed E-state index contributed by atoms with van der Waals surface area (Å²) >= 11 is 3.36. The van der Waals surface area contributed by atoms with Gasteiger partial charge in [0.15, 0.2) is 0 Å². The van der Waals surface area contributed by atoms with Gasteiger partial charge >= 0.3 is 5.97 Å². The van der Waals surface area contributed by atoms with E-state index in [1.807, 2.05) is 25.1 Å². The molecule has 0 unspecified atom stereocenters. The number of pyridine rings is 1. The van der Waals surface area contributed by atoms with Crippen LogP contribution < -0.4 is 0 Å². The highest BCUT2D eigenvalue weighted by atomic mass is 79.9. The van der Waals surface area contributed by atoms with Crippen molar-refractivity contribution in [1.29, 1.82) is 0 Å². The summed E-state index contributed by atoms with van der Waals surface area (Å²) in [7, 11) is 0. The molecule has 6 heteroatoms. The second-order valence-corrected chi connectivity index (χ2v) is 5.47. The maximum atomic E-state index is 11.5. The van der Waals surface area contributed by atoms with Crippen LogP contribution in [-0.2, 0) is 6.54 Å². The van der Waals surface area contributed by atoms with E-state index < -0.39 is 5.97 Å². The number of aromatic nitrogens is 3. The first-order valence-corrected chi connectivity index (χ1v) is 7.25. The Morgan fingerprint density at radius 1 is 1.33 bits per heavy atom. The van der Waals surface area contributed by atoms with Crippen molar-refractivity contribution in [2.45, 2.75) is 13.5 Å². The number of benzene rings is 1. The van der Waals surface area contributed by atoms with E-state index in [-0.39, 0.29) is 5.56 Å². The molecule has 0 saturated carbocycles. The third kappa shape index (κ3) is 2.42. The second-order valence-electron chi connectivity index (χ2n) is 4.55. The summed E-state index contributed by atoms with van der Waals surface area (Å²) in [4.78, 5) is 16.1. The minimum absolute atomic E-state index is 0.236. The van der Waals surface area contributed by atoms with Crippen LogP contribution >= 0.6 is 15.9 Å². The van der Waals surface area contributed by atoms with Crippen LogP contribution in [0.3, 0.4) is 0 Å². The Hall–Kier alpha value is -2.21. The number of carbonyl (C=O) groups is 1. The minimum Gasteiger partial charge on any atom is -0.478 e. The van der Waals surface area contributed by atoms with Crippen LogP contribution in [0.25, 0.3) is 22.3 Å². The SMILES string of the molecule is CCn1nccc1-c1cc(C(=O)O)c2cc(Br)ccc2n1. The van der Waals surface area contributed by atoms with Crippen LogP contribution in [0.5, 0.6) is 0 Å². The van der Waals surface area contributed by atoms with E-state index in [0.717, 1.165) is 10.2 Å². The molecule has 2 aromatic heterocycles. The second kappa shape index (κ2) is 5.29. The molecule has 1 N–H and O–H groups in total. The van der Waals surface area contributed by atoms with E-state index in [4.69, 9.17) is 0 Å². The van der Waals surface area contributed by atoms with Crippen molar-refractivity contribution in [3.8, 4) is 11.4 Å². The normalized spacial score (nSPS) is 11.0. The molecule has 3 rings (SSSR count). The first-order chi connectivity index (χ1) is 10.1. The molecular formula is C15H12BrN3O2. The predicted octanol–water partition coefficient (Wildman–Crippen LogP) is 3.58. The van der Waals surface area contributed by atoms with Gasteiger partial charge in [-0.2, -0.15) is 5.10 Å². The fraction of sp³-hybridized carbons (Fsp3) is 0.133. The first kappa shape index (κ1) is 13.8. The van der Waals surface area contributed by atoms with E-state index >= 15 is 0 Å². The quantitative estimate of drug-likeness (QED) is 0.787. The van der Waals surface area contributed by atoms with Crippen LogP contribution in [0.2, 0.25) is 0 Å². The molecule has 0 bridgehead atoms. The zero-order chi connectivity index (χ0) is 15.0. The highest BCUT2D eigenvalue weighted by molar-refractivity contribution is 9.10. The van der Waals surface area contributed by atoms with Gasteiger partial charge in [0.05, 0.1) is 22.5 Å². The van der Waals surface area contributed by atoms with Crippen molar-refractivity contribution < 1.29 is 9.90 Å². The zero-order valence-electron chi connectivity index (χ0n) is 11.2. The maximum absolute atomic E-state index is 11.5. The Balaban J connectivity index is 2.31. The molecule has 0 spiro atoms. The molecule has 5 nitrogen and oxygen atoms in total. The van der Waals surface area contributed by atoms with E-state index in [1.165, 1.54) is 0 Å². The first-order valence-electron chi connectivity index (χ1n) is 6.46. The Morgan fingerprint density at radius 2 is 2.14 bits per heavy atom. The largest absolute Gasteiger partial charge is 0.478 e. The standard InChI is InChI=1S/C15H12BrN3O2/c1-2-19-14(5-6-17-19)13-8-11(15(20)21)10-7-9(16)3-4-12(10)18-13/h3-8H,2H2,1H3,(H,20,21). The molecule has 0 aliphatic carbocycles. The number of hydrogen-bond donors (Lipinski definition) is 1. The number of aromatic carboxylic acids is 1. The number of aryl methyl sites for hydroxylation is 1. The molecule has 0 amide bonds. The topological polar surface area (TPSA) is 68.0 Å². The van der Waals surface area contributed by atoms with Gasteiger partial charge in [-0.25, -0.2) is 9.78 Å². The lowest BCUT2D eigenvalue weighted by Gasteiger charge is -2.08. The summed E-state index contributed by atoms with van der Waals surface area (Å²) in [6.07, 6.45) is 1.69. The highest BCUT2D eigenvalue weighted by Crippen LogP contribution is 2.27. The molecule has 21 heavy (non-hydrogen) atoms. The third-order valence-corrected chi connectivity index (χ3v) is 3.77. The lowest BCUT2D eigenvalue weighted by Crippen LogP contribution is -2.03. The molecular weight excluding hydrogens is 334 g/mol. The smallest absolute Gasteiger partial charge is 0.336 e. The van der Waals surface area contributed by atoms with E-state index in [9.17, 15) is 9.90 Å². The maximum Gasteiger partial charge on any atom is 0.336 e. The van der Waals surface area contributed by atoms with Crippen LogP contribution in [-0.4, -0.2) is 25.8 Å². The van der Waals surface area contributed by atoms with E-state index in [1.54, 1.807) is 23.0 Å². The molecule has 3 aromatic rings. The Morgan fingerprint density at radius 3 is 2.86 bits per heavy atom. The van der Waals surface area contributed by atoms with Gasteiger partial charge < -0.3 is 5.11 Å². The Labute approximate surface area is 129 Å². The van der Waals surface area contributed by atoms with Crippen molar-refractivity contribution in [1.82, 2.24) is 14.8 Å². The lowest BCUT2D eigenvalue weighted by molar-refractivity contribution is 0.0699. The van der Waals surface area contributed by atoms with Gasteiger partial charge in [-0.3, -0.25) is 4.68 Å². The molecule has 0 aliphatic rings. The summed E-state index contributed by atoms with van der Waals surface area (Å²) in [5.41, 5.74) is 2.31. The molecule has 2 heterocycles. The molecule has 0 radical (unpaired) electrons. The van der Waals surface area contributed by atoms with Crippen molar-refractivity contribution in [3.05, 3.63) is 46.6 Å². The van der Waals surface area contributed by atoms with Crippen molar-refractivity contribution >= 4 is 32.8 Å². The average Bonchev–Trinajstić information content (AvgIpc) is 2.94. The van der Waals surface area contributed by atoms with Crippen LogP contribution in [0.4, 0.5) is 0 Å². The molecule has 106 valence electrons. The van der Waals surface area contributed by atoms with Gasteiger partial charge in [0.25, 0.3) is 0 Å². The highest BCUT2D eigenvalue weighted by Gasteiger charge is 2.15. The Bertz CT molecular complexity index is 842. The zero-order valence-corrected chi connectivity index (χ0v) is 12.8. The van der Waals surface area contributed by atoms with Crippen LogP contribution in [0.1, 0.15) is 17.3 Å². The fourth-order valence-electron chi connectivity index (χ4n) is 2.31. The summed E-state index contributed by atoms with van der Waals surface area (Å²) < 4.78 is 2.62. The van der Waals surface area contributed by atoms with E-state index in [2.05, 4.69) is 26.0 Å². The number of rotatable bonds is 3. The number of halogens is 1. The van der Waals surface area contributed by atoms with Gasteiger partial charge in [0.1, 0.15) is 0 Å². The minimum atomic E-state index is -0.968. The van der Waals surface area contributed by atoms with Crippen molar-refractivity contribution in [3.63, 3.8) is 0 Å². The van der Waals surface area contributed by atoms with Gasteiger partial charge in [0.2, 0.25) is 0 Å². The van der Waals surface area contributed by atoms with Crippen LogP contribution in [0.15, 0.2) is 41.0 Å². The lowest BCUT2D eigenvalue weighted by atomic mass is 10.1. The summed E-state index contributed by atoms with van der Waals surface area (Å²) in [5, 5.41) is 14.3. The van der Waals surface area contributed by atoms with Crippen LogP contribution in [0, 0.1) is 0 Å². The molecule has 1 aromatic carbocycles. The molecule has 0 saturated heterocycles. The third-order valence-electron chi connectivity index (χ3n) is 3.28.